The van der Waals surface area contributed by atoms with Crippen LogP contribution in [0.4, 0.5) is 5.82 Å². The van der Waals surface area contributed by atoms with Gasteiger partial charge < -0.3 is 5.32 Å². The number of rotatable bonds is 2. The lowest BCUT2D eigenvalue weighted by Gasteiger charge is -2.01. The van der Waals surface area contributed by atoms with Crippen LogP contribution in [0.3, 0.4) is 0 Å². The summed E-state index contributed by atoms with van der Waals surface area (Å²) in [6.07, 6.45) is 0. The lowest BCUT2D eigenvalue weighted by atomic mass is 10.1. The second-order valence-corrected chi connectivity index (χ2v) is 3.98. The fraction of sp³-hybridized carbons (Fsp3) is 0.273. The minimum Gasteiger partial charge on any atom is -0.355 e. The molecule has 0 bridgehead atoms. The Morgan fingerprint density at radius 2 is 2.31 bits per heavy atom. The van der Waals surface area contributed by atoms with Crippen LogP contribution in [0, 0.1) is 18.3 Å². The van der Waals surface area contributed by atoms with Crippen LogP contribution in [-0.4, -0.2) is 16.3 Å². The van der Waals surface area contributed by atoms with Crippen molar-refractivity contribution in [2.75, 3.05) is 11.9 Å². The van der Waals surface area contributed by atoms with Crippen LogP contribution in [-0.2, 0) is 7.05 Å². The maximum absolute atomic E-state index is 8.55. The van der Waals surface area contributed by atoms with E-state index < -0.39 is 0 Å². The Hall–Kier alpha value is -1.73. The van der Waals surface area contributed by atoms with Crippen molar-refractivity contribution in [2.45, 2.75) is 6.92 Å². The van der Waals surface area contributed by atoms with Gasteiger partial charge in [-0.05, 0) is 18.6 Å². The average molecular weight is 235 g/mol. The van der Waals surface area contributed by atoms with Gasteiger partial charge in [0.05, 0.1) is 22.0 Å². The number of hydrogen-bond acceptors (Lipinski definition) is 3. The van der Waals surface area contributed by atoms with E-state index in [0.717, 1.165) is 16.5 Å². The summed E-state index contributed by atoms with van der Waals surface area (Å²) in [5, 5.41) is 17.3. The molecule has 82 valence electrons. The van der Waals surface area contributed by atoms with Crippen LogP contribution in [0.2, 0.25) is 5.02 Å². The number of aromatic nitrogens is 2. The van der Waals surface area contributed by atoms with Gasteiger partial charge in [-0.2, -0.15) is 10.4 Å². The summed E-state index contributed by atoms with van der Waals surface area (Å²) in [6, 6.07) is 5.83. The van der Waals surface area contributed by atoms with Crippen LogP contribution >= 0.6 is 11.6 Å². The highest BCUT2D eigenvalue weighted by Crippen LogP contribution is 2.31. The number of halogens is 1. The molecule has 0 aliphatic carbocycles. The molecule has 0 saturated carbocycles. The highest BCUT2D eigenvalue weighted by Gasteiger charge is 2.13. The van der Waals surface area contributed by atoms with Crippen LogP contribution in [0.25, 0.3) is 10.9 Å². The molecule has 0 spiro atoms. The molecule has 2 rings (SSSR count). The van der Waals surface area contributed by atoms with Gasteiger partial charge >= 0.3 is 0 Å². The fourth-order valence-electron chi connectivity index (χ4n) is 1.81. The first-order chi connectivity index (χ1) is 7.65. The highest BCUT2D eigenvalue weighted by molar-refractivity contribution is 6.36. The van der Waals surface area contributed by atoms with Crippen molar-refractivity contribution in [1.29, 1.82) is 5.26 Å². The number of aryl methyl sites for hydroxylation is 2. The van der Waals surface area contributed by atoms with E-state index in [1.165, 1.54) is 0 Å². The summed E-state index contributed by atoms with van der Waals surface area (Å²) in [6.45, 7) is 2.23. The van der Waals surface area contributed by atoms with E-state index >= 15 is 0 Å². The standard InChI is InChI=1S/C11H11ClN4/c1-7-3-4-8(12)9-10(7)16(2)15-11(9)14-6-5-13/h3-4H,6H2,1-2H3,(H,14,15). The molecule has 0 radical (unpaired) electrons. The molecule has 0 unspecified atom stereocenters. The van der Waals surface area contributed by atoms with Gasteiger partial charge in [-0.1, -0.05) is 17.7 Å². The van der Waals surface area contributed by atoms with Crippen molar-refractivity contribution in [3.05, 3.63) is 22.7 Å². The molecule has 0 saturated heterocycles. The van der Waals surface area contributed by atoms with Crippen molar-refractivity contribution in [1.82, 2.24) is 9.78 Å². The zero-order valence-corrected chi connectivity index (χ0v) is 9.84. The van der Waals surface area contributed by atoms with Gasteiger partial charge in [0, 0.05) is 7.05 Å². The minimum absolute atomic E-state index is 0.219. The van der Waals surface area contributed by atoms with Gasteiger partial charge in [0.15, 0.2) is 5.82 Å². The van der Waals surface area contributed by atoms with Crippen LogP contribution in [0.1, 0.15) is 5.56 Å². The molecule has 4 nitrogen and oxygen atoms in total. The van der Waals surface area contributed by atoms with Gasteiger partial charge in [0.25, 0.3) is 0 Å². The van der Waals surface area contributed by atoms with E-state index in [2.05, 4.69) is 10.4 Å². The van der Waals surface area contributed by atoms with Crippen molar-refractivity contribution < 1.29 is 0 Å². The smallest absolute Gasteiger partial charge is 0.158 e. The third kappa shape index (κ3) is 1.59. The lowest BCUT2D eigenvalue weighted by molar-refractivity contribution is 0.796. The number of fused-ring (bicyclic) bond motifs is 1. The predicted octanol–water partition coefficient (Wildman–Crippen LogP) is 2.47. The topological polar surface area (TPSA) is 53.6 Å². The van der Waals surface area contributed by atoms with E-state index in [1.807, 2.05) is 32.2 Å². The van der Waals surface area contributed by atoms with Crippen molar-refractivity contribution in [3.63, 3.8) is 0 Å². The summed E-state index contributed by atoms with van der Waals surface area (Å²) in [5.41, 5.74) is 2.10. The van der Waals surface area contributed by atoms with Gasteiger partial charge in [-0.15, -0.1) is 0 Å². The Bertz CT molecular complexity index is 580. The second-order valence-electron chi connectivity index (χ2n) is 3.57. The van der Waals surface area contributed by atoms with E-state index in [4.69, 9.17) is 16.9 Å². The van der Waals surface area contributed by atoms with Gasteiger partial charge in [-0.25, -0.2) is 0 Å². The predicted molar refractivity (Wildman–Crippen MR) is 64.6 cm³/mol. The number of hydrogen-bond donors (Lipinski definition) is 1. The molecule has 2 aromatic rings. The van der Waals surface area contributed by atoms with E-state index in [9.17, 15) is 0 Å². The van der Waals surface area contributed by atoms with Crippen molar-refractivity contribution in [3.8, 4) is 6.07 Å². The number of nitrogens with zero attached hydrogens (tertiary/aromatic N) is 3. The molecule has 1 heterocycles. The molecule has 5 heteroatoms. The molecule has 0 aliphatic rings. The van der Waals surface area contributed by atoms with Crippen LogP contribution in [0.15, 0.2) is 12.1 Å². The first kappa shape index (κ1) is 10.8. The third-order valence-electron chi connectivity index (χ3n) is 2.47. The normalized spacial score (nSPS) is 10.4. The quantitative estimate of drug-likeness (QED) is 0.813. The molecule has 0 amide bonds. The van der Waals surface area contributed by atoms with Gasteiger partial charge in [-0.3, -0.25) is 4.68 Å². The average Bonchev–Trinajstić information content (AvgIpc) is 2.59. The summed E-state index contributed by atoms with van der Waals surface area (Å²) in [4.78, 5) is 0. The third-order valence-corrected chi connectivity index (χ3v) is 2.79. The Morgan fingerprint density at radius 1 is 1.56 bits per heavy atom. The SMILES string of the molecule is Cc1ccc(Cl)c2c(NCC#N)nn(C)c12. The second kappa shape index (κ2) is 4.03. The van der Waals surface area contributed by atoms with Gasteiger partial charge in [0.1, 0.15) is 6.54 Å². The highest BCUT2D eigenvalue weighted by atomic mass is 35.5. The molecular formula is C11H11ClN4. The van der Waals surface area contributed by atoms with Crippen LogP contribution in [0.5, 0.6) is 0 Å². The Kier molecular flexibility index (Phi) is 2.71. The number of nitrogens with one attached hydrogen (secondary N) is 1. The van der Waals surface area contributed by atoms with Crippen LogP contribution < -0.4 is 5.32 Å². The maximum Gasteiger partial charge on any atom is 0.158 e. The molecule has 0 fully saturated rings. The zero-order chi connectivity index (χ0) is 11.7. The van der Waals surface area contributed by atoms with E-state index in [-0.39, 0.29) is 6.54 Å². The summed E-state index contributed by atoms with van der Waals surface area (Å²) < 4.78 is 1.77. The first-order valence-corrected chi connectivity index (χ1v) is 5.25. The number of anilines is 1. The molecule has 1 aromatic carbocycles. The Morgan fingerprint density at radius 3 is 3.00 bits per heavy atom. The molecule has 16 heavy (non-hydrogen) atoms. The summed E-state index contributed by atoms with van der Waals surface area (Å²) in [7, 11) is 1.86. The minimum atomic E-state index is 0.219. The Labute approximate surface area is 98.4 Å². The monoisotopic (exact) mass is 234 g/mol. The Balaban J connectivity index is 2.69. The van der Waals surface area contributed by atoms with E-state index in [0.29, 0.717) is 10.8 Å². The summed E-state index contributed by atoms with van der Waals surface area (Å²) >= 11 is 6.15. The largest absolute Gasteiger partial charge is 0.355 e. The van der Waals surface area contributed by atoms with Gasteiger partial charge in [0.2, 0.25) is 0 Å². The maximum atomic E-state index is 8.55. The molecule has 0 aliphatic heterocycles. The zero-order valence-electron chi connectivity index (χ0n) is 9.08. The molecule has 1 N–H and O–H groups in total. The number of nitriles is 1. The summed E-state index contributed by atoms with van der Waals surface area (Å²) in [5.74, 6) is 0.660. The number of benzene rings is 1. The fourth-order valence-corrected chi connectivity index (χ4v) is 2.05. The van der Waals surface area contributed by atoms with Crippen molar-refractivity contribution in [2.24, 2.45) is 7.05 Å². The lowest BCUT2D eigenvalue weighted by Crippen LogP contribution is -2.00. The molecule has 1 aromatic heterocycles. The van der Waals surface area contributed by atoms with E-state index in [1.54, 1.807) is 4.68 Å². The molecular weight excluding hydrogens is 224 g/mol. The van der Waals surface area contributed by atoms with Crippen molar-refractivity contribution >= 4 is 28.3 Å². The first-order valence-electron chi connectivity index (χ1n) is 4.87. The molecule has 0 atom stereocenters.